The molecule has 23 nitrogen and oxygen atoms in total. The molecule has 0 radical (unpaired) electrons. The molecule has 23 heteroatoms. The minimum Gasteiger partial charge on any atom is -0.477 e. The fourth-order valence-corrected chi connectivity index (χ4v) is 14.2. The number of carboxylic acid groups (broad SMARTS) is 1. The van der Waals surface area contributed by atoms with Gasteiger partial charge in [0.05, 0.1) is 50.7 Å². The molecule has 99 heavy (non-hydrogen) atoms. The molecule has 18 unspecified atom stereocenters. The molecular weight excluding hydrogens is 1280 g/mol. The highest BCUT2D eigenvalue weighted by Crippen LogP contribution is 2.39. The summed E-state index contributed by atoms with van der Waals surface area (Å²) in [4.78, 5) is 38.7. The Bertz CT molecular complexity index is 1980. The monoisotopic (exact) mass is 1420 g/mol. The Balaban J connectivity index is 1.50. The van der Waals surface area contributed by atoms with Gasteiger partial charge < -0.3 is 100 Å². The Morgan fingerprint density at radius 2 is 0.879 bits per heavy atom. The number of hydrogen-bond acceptors (Lipinski definition) is 20. The second-order valence-corrected chi connectivity index (χ2v) is 29.3. The van der Waals surface area contributed by atoms with Gasteiger partial charge in [-0.05, 0) is 12.8 Å². The molecule has 3 aliphatic rings. The molecule has 0 spiro atoms. The van der Waals surface area contributed by atoms with Crippen LogP contribution in [-0.4, -0.2) is 215 Å². The van der Waals surface area contributed by atoms with Crippen molar-refractivity contribution in [2.24, 2.45) is 0 Å². The first kappa shape index (κ1) is 90.9. The lowest BCUT2D eigenvalue weighted by Gasteiger charge is -2.50. The zero-order valence-corrected chi connectivity index (χ0v) is 61.6. The van der Waals surface area contributed by atoms with Crippen LogP contribution in [0.4, 0.5) is 0 Å². The number of nitrogens with one attached hydrogen (secondary N) is 2. The third kappa shape index (κ3) is 37.0. The van der Waals surface area contributed by atoms with Crippen molar-refractivity contribution in [2.75, 3.05) is 26.4 Å². The number of aliphatic carboxylic acids is 1. The van der Waals surface area contributed by atoms with Gasteiger partial charge in [-0.25, -0.2) is 4.79 Å². The van der Waals surface area contributed by atoms with E-state index in [1.165, 1.54) is 231 Å². The van der Waals surface area contributed by atoms with Crippen molar-refractivity contribution >= 4 is 17.8 Å². The zero-order valence-electron chi connectivity index (χ0n) is 61.6. The largest absolute Gasteiger partial charge is 0.477 e. The van der Waals surface area contributed by atoms with Crippen molar-refractivity contribution in [1.82, 2.24) is 10.6 Å². The van der Waals surface area contributed by atoms with E-state index in [4.69, 9.17) is 28.4 Å². The van der Waals surface area contributed by atoms with Gasteiger partial charge in [0.1, 0.15) is 67.1 Å². The van der Waals surface area contributed by atoms with Gasteiger partial charge in [0.25, 0.3) is 5.79 Å². The second kappa shape index (κ2) is 56.1. The van der Waals surface area contributed by atoms with Gasteiger partial charge in [-0.3, -0.25) is 9.59 Å². The first-order chi connectivity index (χ1) is 47.9. The molecule has 3 saturated heterocycles. The summed E-state index contributed by atoms with van der Waals surface area (Å²) in [6, 6.07) is -2.53. The molecule has 14 N–H and O–H groups in total. The van der Waals surface area contributed by atoms with E-state index < -0.39 is 148 Å². The lowest BCUT2D eigenvalue weighted by Crippen LogP contribution is -2.70. The first-order valence-corrected chi connectivity index (χ1v) is 39.9. The molecule has 0 aromatic heterocycles. The van der Waals surface area contributed by atoms with Gasteiger partial charge in [0, 0.05) is 19.8 Å². The minimum atomic E-state index is -3.08. The quantitative estimate of drug-likeness (QED) is 0.0252. The maximum Gasteiger partial charge on any atom is 0.364 e. The van der Waals surface area contributed by atoms with Crippen LogP contribution in [0.5, 0.6) is 0 Å². The standard InChI is InChI=1S/C76H144N2O21/c1-4-6-8-10-12-14-16-18-20-22-23-24-25-26-27-28-29-30-31-32-34-36-38-40-42-44-46-48-50-63(86)78-57(58(83)49-47-45-43-41-39-37-35-33-21-19-17-15-13-11-9-7-5-2)55-94-73-68(90)67(89)70(62(54-81)96-73)97-74-69(91)72(66(88)61(53-80)95-74)99-76(75(92)93)51-59(84)64(77-56(3)82)71(98-76)65(87)60(85)52-79/h57-62,64-74,79-81,83-85,87-91H,4-55H2,1-3H3,(H,77,82)(H,78,86)(H,92,93). The predicted octanol–water partition coefficient (Wildman–Crippen LogP) is 10.0. The van der Waals surface area contributed by atoms with E-state index in [2.05, 4.69) is 24.5 Å². The molecule has 2 amide bonds. The maximum absolute atomic E-state index is 13.5. The molecule has 18 atom stereocenters. The van der Waals surface area contributed by atoms with Crippen molar-refractivity contribution in [3.8, 4) is 0 Å². The van der Waals surface area contributed by atoms with Crippen LogP contribution in [0, 0.1) is 0 Å². The average Bonchev–Trinajstić information content (AvgIpc) is 0.757. The molecule has 0 bridgehead atoms. The number of aliphatic hydroxyl groups is 11. The van der Waals surface area contributed by atoms with Crippen LogP contribution in [0.2, 0.25) is 0 Å². The number of ether oxygens (including phenoxy) is 6. The molecule has 3 aliphatic heterocycles. The van der Waals surface area contributed by atoms with Crippen molar-refractivity contribution in [3.63, 3.8) is 0 Å². The molecule has 0 aromatic rings. The Labute approximate surface area is 595 Å². The highest BCUT2D eigenvalue weighted by Gasteiger charge is 2.60. The molecule has 0 saturated carbocycles. The number of aliphatic hydroxyl groups excluding tert-OH is 11. The fourth-order valence-electron chi connectivity index (χ4n) is 14.2. The normalized spacial score (nSPS) is 27.0. The molecule has 3 heterocycles. The van der Waals surface area contributed by atoms with Gasteiger partial charge in [0.15, 0.2) is 12.6 Å². The van der Waals surface area contributed by atoms with Crippen molar-refractivity contribution in [2.45, 2.75) is 439 Å². The lowest BCUT2D eigenvalue weighted by atomic mass is 9.88. The third-order valence-electron chi connectivity index (χ3n) is 20.6. The Hall–Kier alpha value is -2.27. The summed E-state index contributed by atoms with van der Waals surface area (Å²) in [6.45, 7) is 2.26. The Kier molecular flexibility index (Phi) is 51.5. The van der Waals surface area contributed by atoms with Crippen LogP contribution in [0.25, 0.3) is 0 Å². The van der Waals surface area contributed by atoms with Crippen LogP contribution in [0.1, 0.15) is 329 Å². The Morgan fingerprint density at radius 3 is 1.26 bits per heavy atom. The van der Waals surface area contributed by atoms with E-state index in [1.807, 2.05) is 0 Å². The van der Waals surface area contributed by atoms with E-state index in [9.17, 15) is 75.7 Å². The van der Waals surface area contributed by atoms with Crippen LogP contribution in [0.3, 0.4) is 0 Å². The van der Waals surface area contributed by atoms with Gasteiger partial charge >= 0.3 is 5.97 Å². The summed E-state index contributed by atoms with van der Waals surface area (Å²) in [5.41, 5.74) is 0. The lowest BCUT2D eigenvalue weighted by molar-refractivity contribution is -0.386. The summed E-state index contributed by atoms with van der Waals surface area (Å²) in [7, 11) is 0. The number of carboxylic acids is 1. The van der Waals surface area contributed by atoms with Gasteiger partial charge in [-0.1, -0.05) is 296 Å². The number of unbranched alkanes of at least 4 members (excludes halogenated alkanes) is 43. The molecule has 3 fully saturated rings. The molecular formula is C76H144N2O21. The fraction of sp³-hybridized carbons (Fsp3) is 0.961. The highest BCUT2D eigenvalue weighted by atomic mass is 16.8. The SMILES string of the molecule is CCCCCCCCCCCCCCCCCCCCCCCCCCCCCCC(=O)NC(COC1OC(CO)C(OC2OC(CO)C(O)C(OC3(C(=O)O)CC(O)C(NC(C)=O)C(C(O)C(O)CO)O3)C2O)C(O)C1O)C(O)CCCCCCCCCCCCCCCCCCC. The smallest absolute Gasteiger partial charge is 0.364 e. The van der Waals surface area contributed by atoms with E-state index in [0.717, 1.165) is 51.9 Å². The number of amides is 2. The molecule has 584 valence electrons. The zero-order chi connectivity index (χ0) is 72.5. The number of rotatable bonds is 63. The average molecular weight is 1420 g/mol. The summed E-state index contributed by atoms with van der Waals surface area (Å²) < 4.78 is 35.0. The summed E-state index contributed by atoms with van der Waals surface area (Å²) in [5, 5.41) is 136. The number of carbonyl (C=O) groups excluding carboxylic acids is 2. The molecule has 0 aliphatic carbocycles. The Morgan fingerprint density at radius 1 is 0.485 bits per heavy atom. The number of carbonyl (C=O) groups is 3. The van der Waals surface area contributed by atoms with Gasteiger partial charge in [-0.2, -0.15) is 0 Å². The van der Waals surface area contributed by atoms with E-state index in [-0.39, 0.29) is 18.9 Å². The van der Waals surface area contributed by atoms with Crippen molar-refractivity contribution in [3.05, 3.63) is 0 Å². The van der Waals surface area contributed by atoms with E-state index >= 15 is 0 Å². The summed E-state index contributed by atoms with van der Waals surface area (Å²) >= 11 is 0. The first-order valence-electron chi connectivity index (χ1n) is 39.9. The van der Waals surface area contributed by atoms with E-state index in [1.54, 1.807) is 0 Å². The van der Waals surface area contributed by atoms with E-state index in [0.29, 0.717) is 19.3 Å². The van der Waals surface area contributed by atoms with Crippen molar-refractivity contribution in [1.29, 1.82) is 0 Å². The van der Waals surface area contributed by atoms with Crippen LogP contribution in [0.15, 0.2) is 0 Å². The molecule has 0 aromatic carbocycles. The maximum atomic E-state index is 13.5. The van der Waals surface area contributed by atoms with Crippen LogP contribution >= 0.6 is 0 Å². The minimum absolute atomic E-state index is 0.230. The molecule has 3 rings (SSSR count). The summed E-state index contributed by atoms with van der Waals surface area (Å²) in [6.07, 6.45) is 28.2. The second-order valence-electron chi connectivity index (χ2n) is 29.3. The predicted molar refractivity (Wildman–Crippen MR) is 380 cm³/mol. The highest BCUT2D eigenvalue weighted by molar-refractivity contribution is 5.77. The van der Waals surface area contributed by atoms with Gasteiger partial charge in [-0.15, -0.1) is 0 Å². The third-order valence-corrected chi connectivity index (χ3v) is 20.6. The topological polar surface area (TPSA) is 373 Å². The summed E-state index contributed by atoms with van der Waals surface area (Å²) in [5.74, 6) is -6.09. The van der Waals surface area contributed by atoms with Crippen LogP contribution < -0.4 is 10.6 Å². The number of hydrogen-bond donors (Lipinski definition) is 14. The van der Waals surface area contributed by atoms with Gasteiger partial charge in [0.2, 0.25) is 11.8 Å². The van der Waals surface area contributed by atoms with Crippen molar-refractivity contribution < 1.29 is 104 Å². The van der Waals surface area contributed by atoms with Crippen LogP contribution in [-0.2, 0) is 42.8 Å².